The molecule has 9 rings (SSSR count). The molecular formula is C47H34N2. The summed E-state index contributed by atoms with van der Waals surface area (Å²) in [5.41, 5.74) is 6.58. The third kappa shape index (κ3) is 5.01. The van der Waals surface area contributed by atoms with Crippen molar-refractivity contribution in [3.8, 4) is 50.2 Å². The summed E-state index contributed by atoms with van der Waals surface area (Å²) in [6, 6.07) is 32.8. The molecule has 49 heavy (non-hydrogen) atoms. The molecular weight excluding hydrogens is 593 g/mol. The Labute approximate surface area is 300 Å². The molecule has 0 spiro atoms. The molecule has 0 atom stereocenters. The Balaban J connectivity index is 1.37. The summed E-state index contributed by atoms with van der Waals surface area (Å²) >= 11 is 0. The van der Waals surface area contributed by atoms with Crippen LogP contribution in [-0.4, -0.2) is 9.55 Å². The number of rotatable bonds is 6. The van der Waals surface area contributed by atoms with Crippen molar-refractivity contribution >= 4 is 32.6 Å². The van der Waals surface area contributed by atoms with Crippen molar-refractivity contribution in [1.82, 2.24) is 9.55 Å². The van der Waals surface area contributed by atoms with Crippen molar-refractivity contribution in [2.24, 2.45) is 0 Å². The number of hydrogen-bond acceptors (Lipinski definition) is 1. The Morgan fingerprint density at radius 2 is 1.00 bits per heavy atom. The molecule has 0 fully saturated rings. The summed E-state index contributed by atoms with van der Waals surface area (Å²) in [6.07, 6.45) is 0.742. The van der Waals surface area contributed by atoms with E-state index in [1.54, 1.807) is 18.2 Å². The first-order valence-corrected chi connectivity index (χ1v) is 16.2. The van der Waals surface area contributed by atoms with Crippen LogP contribution < -0.4 is 0 Å². The molecule has 232 valence electrons. The fourth-order valence-corrected chi connectivity index (χ4v) is 7.00. The van der Waals surface area contributed by atoms with E-state index in [4.69, 9.17) is 18.7 Å². The fourth-order valence-electron chi connectivity index (χ4n) is 7.00. The van der Waals surface area contributed by atoms with Crippen LogP contribution in [0, 0.1) is 0 Å². The lowest BCUT2D eigenvalue weighted by atomic mass is 9.84. The summed E-state index contributed by atoms with van der Waals surface area (Å²) in [6.45, 7) is 2.09. The van der Waals surface area contributed by atoms with E-state index >= 15 is 0 Å². The maximum Gasteiger partial charge on any atom is 0.114 e. The van der Waals surface area contributed by atoms with Gasteiger partial charge in [0.1, 0.15) is 5.82 Å². The molecule has 1 heterocycles. The van der Waals surface area contributed by atoms with Gasteiger partial charge >= 0.3 is 0 Å². The normalized spacial score (nSPS) is 14.3. The summed E-state index contributed by atoms with van der Waals surface area (Å²) in [5, 5.41) is 3.59. The van der Waals surface area contributed by atoms with Gasteiger partial charge in [-0.15, -0.1) is 0 Å². The molecule has 0 aliphatic carbocycles. The summed E-state index contributed by atoms with van der Waals surface area (Å²) in [4.78, 5) is 4.92. The number of aryl methyl sites for hydroxylation is 1. The molecule has 0 bridgehead atoms. The van der Waals surface area contributed by atoms with Gasteiger partial charge in [-0.2, -0.15) is 0 Å². The fraction of sp³-hybridized carbons (Fsp3) is 0.0426. The molecule has 0 aliphatic heterocycles. The van der Waals surface area contributed by atoms with E-state index in [-0.39, 0.29) is 22.3 Å². The van der Waals surface area contributed by atoms with Gasteiger partial charge in [-0.3, -0.25) is 4.57 Å². The van der Waals surface area contributed by atoms with E-state index in [9.17, 15) is 0 Å². The minimum Gasteiger partial charge on any atom is -0.296 e. The first kappa shape index (κ1) is 20.2. The molecule has 0 amide bonds. The zero-order valence-electron chi connectivity index (χ0n) is 36.6. The van der Waals surface area contributed by atoms with Gasteiger partial charge in [0, 0.05) is 12.1 Å². The Hall–Kier alpha value is -6.25. The molecule has 8 aromatic carbocycles. The monoisotopic (exact) mass is 636 g/mol. The quantitative estimate of drug-likeness (QED) is 0.166. The van der Waals surface area contributed by atoms with Crippen molar-refractivity contribution in [3.63, 3.8) is 0 Å². The average molecular weight is 637 g/mol. The summed E-state index contributed by atoms with van der Waals surface area (Å²) in [5.74, 6) is 0.947. The average Bonchev–Trinajstić information content (AvgIpc) is 3.64. The summed E-state index contributed by atoms with van der Waals surface area (Å²) < 4.78 is 88.1. The van der Waals surface area contributed by atoms with Gasteiger partial charge in [-0.1, -0.05) is 140 Å². The highest BCUT2D eigenvalue weighted by Crippen LogP contribution is 2.45. The number of fused-ring (bicyclic) bond motifs is 3. The van der Waals surface area contributed by atoms with E-state index in [0.717, 1.165) is 67.2 Å². The van der Waals surface area contributed by atoms with Crippen molar-refractivity contribution in [1.29, 1.82) is 0 Å². The highest BCUT2D eigenvalue weighted by Gasteiger charge is 2.19. The van der Waals surface area contributed by atoms with Crippen molar-refractivity contribution in [3.05, 3.63) is 182 Å². The van der Waals surface area contributed by atoms with Crippen molar-refractivity contribution in [2.75, 3.05) is 0 Å². The molecule has 2 nitrogen and oxygen atoms in total. The number of benzene rings is 8. The lowest BCUT2D eigenvalue weighted by molar-refractivity contribution is 0.908. The van der Waals surface area contributed by atoms with Crippen LogP contribution in [0.3, 0.4) is 0 Å². The number of nitrogens with zero attached hydrogens (tertiary/aromatic N) is 2. The van der Waals surface area contributed by atoms with Crippen LogP contribution in [0.2, 0.25) is 0 Å². The minimum absolute atomic E-state index is 0.0630. The minimum atomic E-state index is -0.533. The number of para-hydroxylation sites is 2. The first-order chi connectivity index (χ1) is 28.4. The predicted molar refractivity (Wildman–Crippen MR) is 207 cm³/mol. The van der Waals surface area contributed by atoms with E-state index < -0.39 is 60.4 Å². The van der Waals surface area contributed by atoms with Crippen LogP contribution in [0.25, 0.3) is 82.8 Å². The largest absolute Gasteiger partial charge is 0.296 e. The summed E-state index contributed by atoms with van der Waals surface area (Å²) in [7, 11) is 0. The third-order valence-electron chi connectivity index (χ3n) is 9.07. The van der Waals surface area contributed by atoms with Crippen molar-refractivity contribution < 1.29 is 13.7 Å². The van der Waals surface area contributed by atoms with E-state index in [1.807, 2.05) is 60.7 Å². The van der Waals surface area contributed by atoms with Gasteiger partial charge in [0.2, 0.25) is 0 Å². The second kappa shape index (κ2) is 12.1. The van der Waals surface area contributed by atoms with Crippen LogP contribution in [-0.2, 0) is 6.42 Å². The van der Waals surface area contributed by atoms with Gasteiger partial charge in [0.25, 0.3) is 0 Å². The lowest BCUT2D eigenvalue weighted by Gasteiger charge is -2.20. The van der Waals surface area contributed by atoms with Gasteiger partial charge in [-0.05, 0) is 109 Å². The number of imidazole rings is 1. The predicted octanol–water partition coefficient (Wildman–Crippen LogP) is 12.6. The van der Waals surface area contributed by atoms with Gasteiger partial charge in [0.05, 0.1) is 24.7 Å². The van der Waals surface area contributed by atoms with Gasteiger partial charge in [0.15, 0.2) is 0 Å². The van der Waals surface area contributed by atoms with E-state index in [0.29, 0.717) is 5.56 Å². The maximum atomic E-state index is 8.89. The van der Waals surface area contributed by atoms with Crippen LogP contribution in [0.4, 0.5) is 0 Å². The standard InChI is InChI=1S/C47H34N2/c1-2-45-48-43-26-13-14-27-44(43)49(45)38-21-15-20-34(31-38)46-39-22-9-11-24-41(39)47(42-25-12-10-23-40(42)46)37-29-35(32-16-5-3-6-17-32)28-36(30-37)33-18-7-4-8-19-33/h3-31H,2H2,1H3/i3D,4D,5D,6D,7D,8D,16D,17D,18D,19D. The molecule has 0 saturated heterocycles. The van der Waals surface area contributed by atoms with Crippen LogP contribution in [0.15, 0.2) is 176 Å². The highest BCUT2D eigenvalue weighted by molar-refractivity contribution is 6.21. The lowest BCUT2D eigenvalue weighted by Crippen LogP contribution is -2.00. The van der Waals surface area contributed by atoms with Crippen molar-refractivity contribution in [2.45, 2.75) is 13.3 Å². The molecule has 0 unspecified atom stereocenters. The van der Waals surface area contributed by atoms with Crippen LogP contribution >= 0.6 is 0 Å². The highest BCUT2D eigenvalue weighted by atomic mass is 15.1. The third-order valence-corrected chi connectivity index (χ3v) is 9.07. The molecule has 2 heteroatoms. The number of hydrogen-bond donors (Lipinski definition) is 0. The smallest absolute Gasteiger partial charge is 0.114 e. The SMILES string of the molecule is [2H]c1c([2H])c([2H])c(-c2cc(-c3c([2H])c([2H])c([2H])c([2H])c3[2H])cc(-c3c4ccccc4c(-c4cccc(-n5c(CC)nc6ccccc65)c4)c4ccccc34)c2)c([2H])c1[2H]. The van der Waals surface area contributed by atoms with Crippen LogP contribution in [0.1, 0.15) is 26.5 Å². The van der Waals surface area contributed by atoms with Crippen LogP contribution in [0.5, 0.6) is 0 Å². The Morgan fingerprint density at radius 1 is 0.490 bits per heavy atom. The second-order valence-electron chi connectivity index (χ2n) is 11.9. The van der Waals surface area contributed by atoms with E-state index in [2.05, 4.69) is 47.9 Å². The molecule has 0 saturated carbocycles. The molecule has 1 aromatic heterocycles. The second-order valence-corrected chi connectivity index (χ2v) is 11.9. The zero-order valence-corrected chi connectivity index (χ0v) is 26.6. The molecule has 0 aliphatic rings. The van der Waals surface area contributed by atoms with Gasteiger partial charge < -0.3 is 0 Å². The zero-order chi connectivity index (χ0) is 41.4. The number of aromatic nitrogens is 2. The molecule has 0 radical (unpaired) electrons. The Morgan fingerprint density at radius 3 is 1.57 bits per heavy atom. The Kier molecular flexibility index (Phi) is 4.98. The Bertz CT molecular complexity index is 3020. The topological polar surface area (TPSA) is 17.8 Å². The maximum absolute atomic E-state index is 8.89. The van der Waals surface area contributed by atoms with E-state index in [1.165, 1.54) is 0 Å². The molecule has 0 N–H and O–H groups in total. The first-order valence-electron chi connectivity index (χ1n) is 21.2. The molecule has 9 aromatic rings. The van der Waals surface area contributed by atoms with Gasteiger partial charge in [-0.25, -0.2) is 4.98 Å².